The molecule has 0 amide bonds. The molecule has 1 rings (SSSR count). The van der Waals surface area contributed by atoms with Gasteiger partial charge in [0.1, 0.15) is 11.6 Å². The number of aryl methyl sites for hydroxylation is 1. The maximum atomic E-state index is 13.4. The van der Waals surface area contributed by atoms with E-state index < -0.39 is 11.9 Å². The van der Waals surface area contributed by atoms with E-state index in [4.69, 9.17) is 10.5 Å². The second-order valence-corrected chi connectivity index (χ2v) is 3.09. The highest BCUT2D eigenvalue weighted by Crippen LogP contribution is 2.25. The average molecular weight is 199 g/mol. The molecule has 1 aromatic rings. The Bertz CT molecular complexity index is 328. The first kappa shape index (κ1) is 10.9. The summed E-state index contributed by atoms with van der Waals surface area (Å²) in [4.78, 5) is 0. The lowest BCUT2D eigenvalue weighted by molar-refractivity contribution is 0.181. The van der Waals surface area contributed by atoms with Crippen molar-refractivity contribution in [3.63, 3.8) is 0 Å². The molecule has 4 heteroatoms. The summed E-state index contributed by atoms with van der Waals surface area (Å²) in [7, 11) is 1.47. The Morgan fingerprint density at radius 2 is 2.21 bits per heavy atom. The van der Waals surface area contributed by atoms with Crippen molar-refractivity contribution in [3.8, 4) is 5.75 Å². The molecule has 1 atom stereocenters. The van der Waals surface area contributed by atoms with Crippen LogP contribution in [0.15, 0.2) is 12.1 Å². The Kier molecular flexibility index (Phi) is 3.43. The topological polar surface area (TPSA) is 55.5 Å². The van der Waals surface area contributed by atoms with Crippen LogP contribution in [0.3, 0.4) is 0 Å². The summed E-state index contributed by atoms with van der Waals surface area (Å²) in [6, 6.07) is 2.80. The number of benzene rings is 1. The van der Waals surface area contributed by atoms with Gasteiger partial charge in [0.25, 0.3) is 0 Å². The van der Waals surface area contributed by atoms with Crippen LogP contribution in [-0.2, 0) is 0 Å². The van der Waals surface area contributed by atoms with Crippen LogP contribution in [0.25, 0.3) is 0 Å². The van der Waals surface area contributed by atoms with E-state index in [-0.39, 0.29) is 12.1 Å². The highest BCUT2D eigenvalue weighted by Gasteiger charge is 2.13. The van der Waals surface area contributed by atoms with Crippen molar-refractivity contribution >= 4 is 0 Å². The molecular formula is C10H14FNO2. The lowest BCUT2D eigenvalue weighted by Crippen LogP contribution is -2.13. The van der Waals surface area contributed by atoms with Crippen molar-refractivity contribution in [2.45, 2.75) is 13.0 Å². The van der Waals surface area contributed by atoms with E-state index >= 15 is 0 Å². The number of aliphatic hydroxyl groups is 1. The van der Waals surface area contributed by atoms with Gasteiger partial charge in [-0.1, -0.05) is 0 Å². The van der Waals surface area contributed by atoms with Crippen molar-refractivity contribution in [2.24, 2.45) is 5.73 Å². The molecule has 0 aliphatic heterocycles. The van der Waals surface area contributed by atoms with E-state index in [9.17, 15) is 9.50 Å². The zero-order valence-corrected chi connectivity index (χ0v) is 8.25. The molecule has 0 saturated carbocycles. The van der Waals surface area contributed by atoms with Gasteiger partial charge in [-0.15, -0.1) is 0 Å². The second kappa shape index (κ2) is 4.39. The van der Waals surface area contributed by atoms with Gasteiger partial charge in [0.2, 0.25) is 0 Å². The van der Waals surface area contributed by atoms with Gasteiger partial charge in [-0.2, -0.15) is 0 Å². The first-order valence-corrected chi connectivity index (χ1v) is 4.32. The van der Waals surface area contributed by atoms with Crippen LogP contribution in [0, 0.1) is 12.7 Å². The van der Waals surface area contributed by atoms with E-state index in [1.54, 1.807) is 13.0 Å². The Labute approximate surface area is 82.3 Å². The van der Waals surface area contributed by atoms with Crippen molar-refractivity contribution in [2.75, 3.05) is 13.7 Å². The van der Waals surface area contributed by atoms with Crippen LogP contribution in [-0.4, -0.2) is 18.8 Å². The Morgan fingerprint density at radius 1 is 1.57 bits per heavy atom. The summed E-state index contributed by atoms with van der Waals surface area (Å²) in [5.41, 5.74) is 6.23. The maximum absolute atomic E-state index is 13.4. The van der Waals surface area contributed by atoms with E-state index in [1.807, 2.05) is 0 Å². The largest absolute Gasteiger partial charge is 0.496 e. The van der Waals surface area contributed by atoms with Gasteiger partial charge in [0, 0.05) is 18.2 Å². The monoisotopic (exact) mass is 199 g/mol. The number of methoxy groups -OCH3 is 1. The number of halogens is 1. The van der Waals surface area contributed by atoms with Gasteiger partial charge in [0.15, 0.2) is 0 Å². The summed E-state index contributed by atoms with van der Waals surface area (Å²) in [5, 5.41) is 9.39. The minimum atomic E-state index is -0.959. The van der Waals surface area contributed by atoms with Crippen LogP contribution in [0.1, 0.15) is 17.2 Å². The highest BCUT2D eigenvalue weighted by molar-refractivity contribution is 5.38. The SMILES string of the molecule is COc1cc(F)c(C(O)CN)cc1C. The van der Waals surface area contributed by atoms with Crippen LogP contribution < -0.4 is 10.5 Å². The number of aliphatic hydroxyl groups excluding tert-OH is 1. The molecule has 0 aromatic heterocycles. The smallest absolute Gasteiger partial charge is 0.132 e. The number of nitrogens with two attached hydrogens (primary N) is 1. The van der Waals surface area contributed by atoms with Crippen LogP contribution >= 0.6 is 0 Å². The molecule has 1 aromatic carbocycles. The fourth-order valence-electron chi connectivity index (χ4n) is 1.29. The summed E-state index contributed by atoms with van der Waals surface area (Å²) in [5.74, 6) is -0.0270. The third-order valence-electron chi connectivity index (χ3n) is 2.10. The standard InChI is InChI=1S/C10H14FNO2/c1-6-3-7(9(13)5-12)8(11)4-10(6)14-2/h3-4,9,13H,5,12H2,1-2H3. The second-order valence-electron chi connectivity index (χ2n) is 3.09. The molecule has 0 aliphatic carbocycles. The zero-order chi connectivity index (χ0) is 10.7. The summed E-state index contributed by atoms with van der Waals surface area (Å²) in [6.07, 6.45) is -0.959. The summed E-state index contributed by atoms with van der Waals surface area (Å²) < 4.78 is 18.3. The predicted molar refractivity (Wildman–Crippen MR) is 51.7 cm³/mol. The highest BCUT2D eigenvalue weighted by atomic mass is 19.1. The fourth-order valence-corrected chi connectivity index (χ4v) is 1.29. The van der Waals surface area contributed by atoms with E-state index in [0.717, 1.165) is 5.56 Å². The number of ether oxygens (including phenoxy) is 1. The lowest BCUT2D eigenvalue weighted by Gasteiger charge is -2.12. The minimum Gasteiger partial charge on any atom is -0.496 e. The van der Waals surface area contributed by atoms with Crippen molar-refractivity contribution in [1.82, 2.24) is 0 Å². The van der Waals surface area contributed by atoms with Gasteiger partial charge in [-0.05, 0) is 18.6 Å². The zero-order valence-electron chi connectivity index (χ0n) is 8.25. The third kappa shape index (κ3) is 2.02. The van der Waals surface area contributed by atoms with Crippen LogP contribution in [0.5, 0.6) is 5.75 Å². The lowest BCUT2D eigenvalue weighted by atomic mass is 10.1. The molecule has 1 unspecified atom stereocenters. The molecule has 0 bridgehead atoms. The summed E-state index contributed by atoms with van der Waals surface area (Å²) in [6.45, 7) is 1.79. The van der Waals surface area contributed by atoms with E-state index in [0.29, 0.717) is 5.75 Å². The molecule has 0 radical (unpaired) electrons. The first-order valence-electron chi connectivity index (χ1n) is 4.32. The molecule has 3 N–H and O–H groups in total. The molecule has 0 saturated heterocycles. The molecule has 3 nitrogen and oxygen atoms in total. The molecule has 0 spiro atoms. The molecular weight excluding hydrogens is 185 g/mol. The van der Waals surface area contributed by atoms with Crippen LogP contribution in [0.2, 0.25) is 0 Å². The Hall–Kier alpha value is -1.13. The average Bonchev–Trinajstić information content (AvgIpc) is 2.19. The van der Waals surface area contributed by atoms with Gasteiger partial charge in [-0.3, -0.25) is 0 Å². The number of hydrogen-bond donors (Lipinski definition) is 2. The Balaban J connectivity index is 3.14. The molecule has 0 fully saturated rings. The molecule has 0 heterocycles. The van der Waals surface area contributed by atoms with E-state index in [1.165, 1.54) is 13.2 Å². The first-order chi connectivity index (χ1) is 6.60. The number of hydrogen-bond acceptors (Lipinski definition) is 3. The third-order valence-corrected chi connectivity index (χ3v) is 2.10. The Morgan fingerprint density at radius 3 is 2.71 bits per heavy atom. The molecule has 0 aliphatic rings. The van der Waals surface area contributed by atoms with Crippen molar-refractivity contribution in [1.29, 1.82) is 0 Å². The minimum absolute atomic E-state index is 0.00267. The maximum Gasteiger partial charge on any atom is 0.132 e. The predicted octanol–water partition coefficient (Wildman–Crippen LogP) is 1.13. The normalized spacial score (nSPS) is 12.6. The van der Waals surface area contributed by atoms with Crippen molar-refractivity contribution in [3.05, 3.63) is 29.1 Å². The van der Waals surface area contributed by atoms with E-state index in [2.05, 4.69) is 0 Å². The molecule has 14 heavy (non-hydrogen) atoms. The van der Waals surface area contributed by atoms with Gasteiger partial charge in [-0.25, -0.2) is 4.39 Å². The van der Waals surface area contributed by atoms with Gasteiger partial charge < -0.3 is 15.6 Å². The quantitative estimate of drug-likeness (QED) is 0.767. The van der Waals surface area contributed by atoms with Gasteiger partial charge >= 0.3 is 0 Å². The van der Waals surface area contributed by atoms with Crippen molar-refractivity contribution < 1.29 is 14.2 Å². The summed E-state index contributed by atoms with van der Waals surface area (Å²) >= 11 is 0. The number of rotatable bonds is 3. The fraction of sp³-hybridized carbons (Fsp3) is 0.400. The van der Waals surface area contributed by atoms with Crippen LogP contribution in [0.4, 0.5) is 4.39 Å². The molecule has 78 valence electrons. The van der Waals surface area contributed by atoms with Gasteiger partial charge in [0.05, 0.1) is 13.2 Å².